The van der Waals surface area contributed by atoms with E-state index in [9.17, 15) is 13.2 Å². The van der Waals surface area contributed by atoms with Crippen LogP contribution in [0.4, 0.5) is 18.9 Å². The highest BCUT2D eigenvalue weighted by Crippen LogP contribution is 2.22. The summed E-state index contributed by atoms with van der Waals surface area (Å²) in [6.45, 7) is 6.15. The lowest BCUT2D eigenvalue weighted by molar-refractivity contribution is -0.0594. The highest BCUT2D eigenvalue weighted by atomic mass is 19.4. The van der Waals surface area contributed by atoms with Crippen LogP contribution in [0.15, 0.2) is 47.7 Å². The molecule has 5 heteroatoms. The zero-order valence-corrected chi connectivity index (χ0v) is 9.62. The van der Waals surface area contributed by atoms with E-state index in [1.54, 1.807) is 37.3 Å². The van der Waals surface area contributed by atoms with Gasteiger partial charge in [-0.15, -0.1) is 0 Å². The number of para-hydroxylation sites is 1. The first-order chi connectivity index (χ1) is 7.82. The average Bonchev–Trinajstić information content (AvgIpc) is 2.25. The Kier molecular flexibility index (Phi) is 3.93. The van der Waals surface area contributed by atoms with Gasteiger partial charge >= 0.3 is 6.18 Å². The molecular formula is C12H13F3N2. The Balaban J connectivity index is 3.09. The normalized spacial score (nSPS) is 12.4. The number of rotatable bonds is 3. The third-order valence-electron chi connectivity index (χ3n) is 2.02. The molecule has 2 nitrogen and oxygen atoms in total. The SMILES string of the molecule is C=C(C)N(/N=C(\C)C(F)(F)F)c1ccccc1. The molecule has 0 aromatic heterocycles. The number of hydrogen-bond acceptors (Lipinski definition) is 2. The second-order valence-corrected chi connectivity index (χ2v) is 3.57. The average molecular weight is 242 g/mol. The van der Waals surface area contributed by atoms with Crippen LogP contribution in [0.1, 0.15) is 13.8 Å². The molecule has 1 aromatic rings. The van der Waals surface area contributed by atoms with E-state index in [4.69, 9.17) is 0 Å². The summed E-state index contributed by atoms with van der Waals surface area (Å²) in [5.41, 5.74) is 0.0488. The Morgan fingerprint density at radius 2 is 1.71 bits per heavy atom. The molecule has 0 amide bonds. The summed E-state index contributed by atoms with van der Waals surface area (Å²) in [6.07, 6.45) is -4.43. The van der Waals surface area contributed by atoms with Gasteiger partial charge in [0.2, 0.25) is 0 Å². The molecule has 0 heterocycles. The van der Waals surface area contributed by atoms with E-state index in [1.165, 1.54) is 5.01 Å². The zero-order chi connectivity index (χ0) is 13.1. The summed E-state index contributed by atoms with van der Waals surface area (Å²) in [5, 5.41) is 4.71. The lowest BCUT2D eigenvalue weighted by Crippen LogP contribution is -2.24. The van der Waals surface area contributed by atoms with E-state index in [2.05, 4.69) is 11.7 Å². The predicted octanol–water partition coefficient (Wildman–Crippen LogP) is 3.96. The summed E-state index contributed by atoms with van der Waals surface area (Å²) < 4.78 is 37.2. The topological polar surface area (TPSA) is 15.6 Å². The van der Waals surface area contributed by atoms with Crippen molar-refractivity contribution in [3.8, 4) is 0 Å². The van der Waals surface area contributed by atoms with Gasteiger partial charge in [-0.25, -0.2) is 5.01 Å². The van der Waals surface area contributed by atoms with E-state index >= 15 is 0 Å². The van der Waals surface area contributed by atoms with E-state index in [0.717, 1.165) is 6.92 Å². The van der Waals surface area contributed by atoms with E-state index in [-0.39, 0.29) is 0 Å². The van der Waals surface area contributed by atoms with Crippen LogP contribution in [0, 0.1) is 0 Å². The Morgan fingerprint density at radius 1 is 1.18 bits per heavy atom. The molecule has 0 radical (unpaired) electrons. The summed E-state index contributed by atoms with van der Waals surface area (Å²) in [6, 6.07) is 8.57. The van der Waals surface area contributed by atoms with Crippen molar-refractivity contribution in [3.05, 3.63) is 42.6 Å². The standard InChI is InChI=1S/C12H13F3N2/c1-9(2)17(11-7-5-4-6-8-11)16-10(3)12(13,14)15/h4-8H,1H2,2-3H3/b16-10+. The Morgan fingerprint density at radius 3 is 2.12 bits per heavy atom. The van der Waals surface area contributed by atoms with Crippen LogP contribution in [0.2, 0.25) is 0 Å². The molecule has 0 unspecified atom stereocenters. The minimum atomic E-state index is -4.43. The Hall–Kier alpha value is -1.78. The van der Waals surface area contributed by atoms with Crippen LogP contribution < -0.4 is 5.01 Å². The molecule has 0 bridgehead atoms. The van der Waals surface area contributed by atoms with Crippen LogP contribution in [0.25, 0.3) is 0 Å². The third-order valence-corrected chi connectivity index (χ3v) is 2.02. The fourth-order valence-electron chi connectivity index (χ4n) is 1.14. The molecule has 0 saturated heterocycles. The van der Waals surface area contributed by atoms with Gasteiger partial charge in [0.1, 0.15) is 5.71 Å². The van der Waals surface area contributed by atoms with Gasteiger partial charge in [0.25, 0.3) is 0 Å². The van der Waals surface area contributed by atoms with Crippen LogP contribution in [-0.4, -0.2) is 11.9 Å². The highest BCUT2D eigenvalue weighted by Gasteiger charge is 2.33. The highest BCUT2D eigenvalue weighted by molar-refractivity contribution is 5.88. The molecule has 0 saturated carbocycles. The lowest BCUT2D eigenvalue weighted by atomic mass is 10.3. The fraction of sp³-hybridized carbons (Fsp3) is 0.250. The van der Waals surface area contributed by atoms with Gasteiger partial charge in [-0.3, -0.25) is 0 Å². The van der Waals surface area contributed by atoms with Gasteiger partial charge in [0, 0.05) is 5.70 Å². The quantitative estimate of drug-likeness (QED) is 0.578. The number of anilines is 1. The summed E-state index contributed by atoms with van der Waals surface area (Å²) in [4.78, 5) is 0. The zero-order valence-electron chi connectivity index (χ0n) is 9.62. The second-order valence-electron chi connectivity index (χ2n) is 3.57. The minimum absolute atomic E-state index is 0.416. The van der Waals surface area contributed by atoms with Crippen molar-refractivity contribution in [2.24, 2.45) is 5.10 Å². The molecule has 0 atom stereocenters. The van der Waals surface area contributed by atoms with Crippen molar-refractivity contribution in [2.45, 2.75) is 20.0 Å². The molecule has 92 valence electrons. The van der Waals surface area contributed by atoms with Gasteiger partial charge in [-0.1, -0.05) is 24.8 Å². The van der Waals surface area contributed by atoms with Crippen LogP contribution >= 0.6 is 0 Å². The van der Waals surface area contributed by atoms with Crippen molar-refractivity contribution in [2.75, 3.05) is 5.01 Å². The van der Waals surface area contributed by atoms with Crippen molar-refractivity contribution >= 4 is 11.4 Å². The Bertz CT molecular complexity index is 421. The van der Waals surface area contributed by atoms with Crippen LogP contribution in [0.3, 0.4) is 0 Å². The predicted molar refractivity (Wildman–Crippen MR) is 62.9 cm³/mol. The molecule has 0 aliphatic carbocycles. The lowest BCUT2D eigenvalue weighted by Gasteiger charge is -2.20. The van der Waals surface area contributed by atoms with Crippen molar-refractivity contribution in [1.29, 1.82) is 0 Å². The largest absolute Gasteiger partial charge is 0.430 e. The molecule has 0 spiro atoms. The maximum absolute atomic E-state index is 12.4. The molecule has 1 rings (SSSR count). The second kappa shape index (κ2) is 5.03. The summed E-state index contributed by atoms with van der Waals surface area (Å²) >= 11 is 0. The number of hydrazone groups is 1. The molecular weight excluding hydrogens is 229 g/mol. The monoisotopic (exact) mass is 242 g/mol. The van der Waals surface area contributed by atoms with Gasteiger partial charge < -0.3 is 0 Å². The molecule has 0 aliphatic heterocycles. The molecule has 0 N–H and O–H groups in total. The number of hydrogen-bond donors (Lipinski definition) is 0. The van der Waals surface area contributed by atoms with Gasteiger partial charge in [-0.05, 0) is 26.0 Å². The van der Waals surface area contributed by atoms with Crippen molar-refractivity contribution in [1.82, 2.24) is 0 Å². The van der Waals surface area contributed by atoms with Gasteiger partial charge in [-0.2, -0.15) is 18.3 Å². The fourth-order valence-corrected chi connectivity index (χ4v) is 1.14. The number of nitrogens with zero attached hydrogens (tertiary/aromatic N) is 2. The third kappa shape index (κ3) is 3.62. The molecule has 17 heavy (non-hydrogen) atoms. The maximum atomic E-state index is 12.4. The van der Waals surface area contributed by atoms with Crippen LogP contribution in [-0.2, 0) is 0 Å². The number of halogens is 3. The van der Waals surface area contributed by atoms with E-state index in [1.807, 2.05) is 0 Å². The Labute approximate surface area is 98.1 Å². The molecule has 0 fully saturated rings. The number of allylic oxidation sites excluding steroid dienone is 1. The maximum Gasteiger partial charge on any atom is 0.430 e. The van der Waals surface area contributed by atoms with Gasteiger partial charge in [0.05, 0.1) is 5.69 Å². The molecule has 0 aliphatic rings. The number of benzene rings is 1. The van der Waals surface area contributed by atoms with Crippen molar-refractivity contribution in [3.63, 3.8) is 0 Å². The summed E-state index contributed by atoms with van der Waals surface area (Å²) in [7, 11) is 0. The smallest absolute Gasteiger partial charge is 0.239 e. The van der Waals surface area contributed by atoms with Gasteiger partial charge in [0.15, 0.2) is 0 Å². The van der Waals surface area contributed by atoms with Crippen molar-refractivity contribution < 1.29 is 13.2 Å². The van der Waals surface area contributed by atoms with E-state index < -0.39 is 11.9 Å². The molecule has 1 aromatic carbocycles. The first-order valence-electron chi connectivity index (χ1n) is 4.95. The first kappa shape index (κ1) is 13.3. The first-order valence-corrected chi connectivity index (χ1v) is 4.95. The van der Waals surface area contributed by atoms with Crippen LogP contribution in [0.5, 0.6) is 0 Å². The number of alkyl halides is 3. The summed E-state index contributed by atoms with van der Waals surface area (Å²) in [5.74, 6) is 0. The minimum Gasteiger partial charge on any atom is -0.239 e. The van der Waals surface area contributed by atoms with E-state index in [0.29, 0.717) is 11.4 Å².